The van der Waals surface area contributed by atoms with Crippen LogP contribution in [0.5, 0.6) is 0 Å². The van der Waals surface area contributed by atoms with Gasteiger partial charge in [-0.1, -0.05) is 11.6 Å². The Kier molecular flexibility index (Phi) is 8.53. The number of rotatable bonds is 8. The highest BCUT2D eigenvalue weighted by Gasteiger charge is 2.36. The van der Waals surface area contributed by atoms with Crippen molar-refractivity contribution in [1.29, 1.82) is 0 Å². The van der Waals surface area contributed by atoms with Crippen LogP contribution in [0.2, 0.25) is 5.02 Å². The second-order valence-electron chi connectivity index (χ2n) is 7.85. The van der Waals surface area contributed by atoms with Gasteiger partial charge in [-0.15, -0.1) is 0 Å². The zero-order valence-corrected chi connectivity index (χ0v) is 23.1. The van der Waals surface area contributed by atoms with Gasteiger partial charge in [0.15, 0.2) is 0 Å². The van der Waals surface area contributed by atoms with E-state index in [2.05, 4.69) is 21.2 Å². The first-order valence-electron chi connectivity index (χ1n) is 11.1. The van der Waals surface area contributed by atoms with Gasteiger partial charge >= 0.3 is 5.97 Å². The molecule has 1 fully saturated rings. The van der Waals surface area contributed by atoms with E-state index in [1.165, 1.54) is 42.5 Å². The maximum atomic E-state index is 12.8. The fourth-order valence-corrected chi connectivity index (χ4v) is 5.05. The van der Waals surface area contributed by atoms with Crippen LogP contribution in [-0.2, 0) is 14.3 Å². The van der Waals surface area contributed by atoms with E-state index in [1.54, 1.807) is 19.1 Å². The number of hydrogen-bond donors (Lipinski definition) is 1. The molecule has 0 bridgehead atoms. The normalized spacial score (nSPS) is 14.1. The van der Waals surface area contributed by atoms with E-state index in [0.717, 1.165) is 4.90 Å². The number of carbonyl (C=O) groups is 4. The quantitative estimate of drug-likeness (QED) is 0.134. The number of benzene rings is 2. The molecular weight excluding hydrogens is 618 g/mol. The zero-order valence-electron chi connectivity index (χ0n) is 19.9. The predicted octanol–water partition coefficient (Wildman–Crippen LogP) is 6.12. The van der Waals surface area contributed by atoms with E-state index in [4.69, 9.17) is 20.8 Å². The van der Waals surface area contributed by atoms with Crippen LogP contribution in [0, 0.1) is 10.1 Å². The molecule has 14 heteroatoms. The molecule has 1 aliphatic heterocycles. The Balaban J connectivity index is 1.44. The highest BCUT2D eigenvalue weighted by molar-refractivity contribution is 9.10. The molecule has 1 aromatic heterocycles. The lowest BCUT2D eigenvalue weighted by atomic mass is 10.1. The van der Waals surface area contributed by atoms with E-state index in [-0.39, 0.29) is 39.2 Å². The second-order valence-corrected chi connectivity index (χ2v) is 10.1. The fourth-order valence-electron chi connectivity index (χ4n) is 3.47. The average molecular weight is 635 g/mol. The van der Waals surface area contributed by atoms with Crippen LogP contribution in [0.15, 0.2) is 62.3 Å². The number of nitrogens with one attached hydrogen (secondary N) is 1. The molecule has 0 atom stereocenters. The van der Waals surface area contributed by atoms with Crippen molar-refractivity contribution in [3.05, 3.63) is 84.4 Å². The molecule has 200 valence electrons. The van der Waals surface area contributed by atoms with Crippen LogP contribution in [0.1, 0.15) is 23.0 Å². The minimum atomic E-state index is -0.682. The third kappa shape index (κ3) is 6.38. The SMILES string of the molecule is CCOC(=O)c1cc(NC(=O)CN2C(=O)S/C(=C/c3ccc(-c4ccc([N+](=O)[O-])cc4Br)o3)C2=O)ccc1Cl. The van der Waals surface area contributed by atoms with Gasteiger partial charge < -0.3 is 14.5 Å². The van der Waals surface area contributed by atoms with E-state index in [0.29, 0.717) is 27.6 Å². The standard InChI is InChI=1S/C25H17BrClN3O8S/c1-2-37-24(33)17-9-13(3-7-19(17)27)28-22(31)12-29-23(32)21(39-25(29)34)11-15-5-8-20(38-15)16-6-4-14(30(35)36)10-18(16)26/h3-11H,2,12H2,1H3,(H,28,31)/b21-11+. The molecule has 1 aliphatic rings. The van der Waals surface area contributed by atoms with Crippen LogP contribution in [0.3, 0.4) is 0 Å². The first-order valence-corrected chi connectivity index (χ1v) is 13.1. The molecule has 1 N–H and O–H groups in total. The average Bonchev–Trinajstić information content (AvgIpc) is 3.45. The number of ether oxygens (including phenoxy) is 1. The van der Waals surface area contributed by atoms with E-state index in [9.17, 15) is 29.3 Å². The maximum absolute atomic E-state index is 12.8. The van der Waals surface area contributed by atoms with Crippen LogP contribution in [0.25, 0.3) is 17.4 Å². The minimum Gasteiger partial charge on any atom is -0.462 e. The molecule has 4 rings (SSSR count). The van der Waals surface area contributed by atoms with Crippen LogP contribution >= 0.6 is 39.3 Å². The summed E-state index contributed by atoms with van der Waals surface area (Å²) in [6.07, 6.45) is 1.37. The lowest BCUT2D eigenvalue weighted by Gasteiger charge is -2.13. The first-order chi connectivity index (χ1) is 18.6. The number of nitrogens with zero attached hydrogens (tertiary/aromatic N) is 2. The van der Waals surface area contributed by atoms with Crippen molar-refractivity contribution in [1.82, 2.24) is 4.90 Å². The van der Waals surface area contributed by atoms with Crippen LogP contribution in [-0.4, -0.2) is 46.0 Å². The van der Waals surface area contributed by atoms with Gasteiger partial charge in [0.05, 0.1) is 27.0 Å². The van der Waals surface area contributed by atoms with Crippen molar-refractivity contribution in [3.8, 4) is 11.3 Å². The maximum Gasteiger partial charge on any atom is 0.339 e. The van der Waals surface area contributed by atoms with Gasteiger partial charge in [0.2, 0.25) is 5.91 Å². The summed E-state index contributed by atoms with van der Waals surface area (Å²) in [5.41, 5.74) is 0.753. The number of thioether (sulfide) groups is 1. The number of non-ortho nitro benzene ring substituents is 1. The van der Waals surface area contributed by atoms with Crippen molar-refractivity contribution in [2.24, 2.45) is 0 Å². The highest BCUT2D eigenvalue weighted by Crippen LogP contribution is 2.35. The van der Waals surface area contributed by atoms with Gasteiger partial charge in [-0.25, -0.2) is 4.79 Å². The summed E-state index contributed by atoms with van der Waals surface area (Å²) >= 11 is 9.96. The van der Waals surface area contributed by atoms with Gasteiger partial charge in [-0.2, -0.15) is 0 Å². The summed E-state index contributed by atoms with van der Waals surface area (Å²) in [4.78, 5) is 61.2. The summed E-state index contributed by atoms with van der Waals surface area (Å²) in [6.45, 7) is 1.23. The number of imide groups is 1. The third-order valence-corrected chi connectivity index (χ3v) is 7.14. The number of nitro groups is 1. The van der Waals surface area contributed by atoms with E-state index >= 15 is 0 Å². The van der Waals surface area contributed by atoms with Gasteiger partial charge in [0.25, 0.3) is 16.8 Å². The molecule has 3 amide bonds. The largest absolute Gasteiger partial charge is 0.462 e. The second kappa shape index (κ2) is 11.8. The number of hydrogen-bond acceptors (Lipinski definition) is 9. The Labute approximate surface area is 238 Å². The van der Waals surface area contributed by atoms with Crippen molar-refractivity contribution in [2.75, 3.05) is 18.5 Å². The minimum absolute atomic E-state index is 0.0487. The molecule has 39 heavy (non-hydrogen) atoms. The van der Waals surface area contributed by atoms with Crippen molar-refractivity contribution in [2.45, 2.75) is 6.92 Å². The Morgan fingerprint density at radius 1 is 1.21 bits per heavy atom. The topological polar surface area (TPSA) is 149 Å². The number of carbonyl (C=O) groups excluding carboxylic acids is 4. The highest BCUT2D eigenvalue weighted by atomic mass is 79.9. The zero-order chi connectivity index (χ0) is 28.3. The molecule has 11 nitrogen and oxygen atoms in total. The summed E-state index contributed by atoms with van der Waals surface area (Å²) in [5, 5.41) is 13.0. The Bertz CT molecular complexity index is 1550. The Morgan fingerprint density at radius 3 is 2.67 bits per heavy atom. The van der Waals surface area contributed by atoms with E-state index < -0.39 is 34.5 Å². The lowest BCUT2D eigenvalue weighted by molar-refractivity contribution is -0.384. The summed E-state index contributed by atoms with van der Waals surface area (Å²) in [6, 6.07) is 11.6. The van der Waals surface area contributed by atoms with Gasteiger partial charge in [-0.3, -0.25) is 29.4 Å². The molecule has 0 aliphatic carbocycles. The van der Waals surface area contributed by atoms with Crippen molar-refractivity contribution < 1.29 is 33.3 Å². The van der Waals surface area contributed by atoms with Crippen LogP contribution in [0.4, 0.5) is 16.2 Å². The lowest BCUT2D eigenvalue weighted by Crippen LogP contribution is -2.36. The monoisotopic (exact) mass is 633 g/mol. The Hall–Kier alpha value is -3.94. The molecule has 3 aromatic rings. The molecular formula is C25H17BrClN3O8S. The molecule has 2 heterocycles. The number of furan rings is 1. The van der Waals surface area contributed by atoms with E-state index in [1.807, 2.05) is 0 Å². The van der Waals surface area contributed by atoms with Crippen LogP contribution < -0.4 is 5.32 Å². The Morgan fingerprint density at radius 2 is 1.97 bits per heavy atom. The molecule has 2 aromatic carbocycles. The summed E-state index contributed by atoms with van der Waals surface area (Å²) < 4.78 is 11.1. The third-order valence-electron chi connectivity index (χ3n) is 5.25. The molecule has 0 saturated carbocycles. The van der Waals surface area contributed by atoms with Crippen molar-refractivity contribution >= 4 is 79.8 Å². The molecule has 0 radical (unpaired) electrons. The number of esters is 1. The summed E-state index contributed by atoms with van der Waals surface area (Å²) in [7, 11) is 0. The number of anilines is 1. The fraction of sp³-hybridized carbons (Fsp3) is 0.120. The number of halogens is 2. The number of nitro benzene ring substituents is 1. The van der Waals surface area contributed by atoms with Gasteiger partial charge in [-0.05, 0) is 71.0 Å². The summed E-state index contributed by atoms with van der Waals surface area (Å²) in [5.74, 6) is -1.36. The smallest absolute Gasteiger partial charge is 0.339 e. The van der Waals surface area contributed by atoms with Gasteiger partial charge in [0, 0.05) is 33.9 Å². The van der Waals surface area contributed by atoms with Crippen molar-refractivity contribution in [3.63, 3.8) is 0 Å². The van der Waals surface area contributed by atoms with Gasteiger partial charge in [0.1, 0.15) is 18.1 Å². The molecule has 1 saturated heterocycles. The predicted molar refractivity (Wildman–Crippen MR) is 147 cm³/mol. The molecule has 0 unspecified atom stereocenters. The molecule has 0 spiro atoms. The first kappa shape index (κ1) is 28.1. The number of amides is 3.